The Morgan fingerprint density at radius 1 is 1.14 bits per heavy atom. The molecule has 7 nitrogen and oxygen atoms in total. The molecule has 2 aromatic heterocycles. The van der Waals surface area contributed by atoms with E-state index in [0.29, 0.717) is 17.2 Å². The third-order valence-corrected chi connectivity index (χ3v) is 5.06. The van der Waals surface area contributed by atoms with Crippen molar-refractivity contribution in [2.75, 3.05) is 32.3 Å². The number of anilines is 1. The third-order valence-electron chi connectivity index (χ3n) is 5.06. The van der Waals surface area contributed by atoms with Crippen molar-refractivity contribution in [2.45, 2.75) is 13.0 Å². The Labute approximate surface area is 169 Å². The largest absolute Gasteiger partial charge is 0.493 e. The van der Waals surface area contributed by atoms with E-state index >= 15 is 0 Å². The number of hydrogen-bond donors (Lipinski definition) is 1. The summed E-state index contributed by atoms with van der Waals surface area (Å²) in [7, 11) is 3.62. The maximum atomic E-state index is 9.03. The van der Waals surface area contributed by atoms with Gasteiger partial charge in [0.2, 0.25) is 0 Å². The fraction of sp³-hybridized carbons (Fsp3) is 0.273. The van der Waals surface area contributed by atoms with Crippen LogP contribution in [-0.4, -0.2) is 48.5 Å². The lowest BCUT2D eigenvalue weighted by atomic mass is 10.0. The van der Waals surface area contributed by atoms with Crippen LogP contribution in [-0.2, 0) is 0 Å². The molecule has 1 aliphatic rings. The Morgan fingerprint density at radius 3 is 2.79 bits per heavy atom. The van der Waals surface area contributed by atoms with Gasteiger partial charge in [-0.25, -0.2) is 0 Å². The second-order valence-corrected chi connectivity index (χ2v) is 6.77. The first kappa shape index (κ1) is 19.0. The van der Waals surface area contributed by atoms with Gasteiger partial charge < -0.3 is 24.2 Å². The van der Waals surface area contributed by atoms with Crippen LogP contribution < -0.4 is 19.1 Å². The summed E-state index contributed by atoms with van der Waals surface area (Å²) in [6.45, 7) is 2.20. The monoisotopic (exact) mass is 393 g/mol. The molecule has 3 aromatic rings. The topological polar surface area (TPSA) is 76.9 Å². The van der Waals surface area contributed by atoms with Crippen molar-refractivity contribution in [1.82, 2.24) is 9.97 Å². The van der Waals surface area contributed by atoms with Crippen LogP contribution in [0.4, 0.5) is 5.69 Å². The predicted molar refractivity (Wildman–Crippen MR) is 112 cm³/mol. The maximum Gasteiger partial charge on any atom is 0.163 e. The summed E-state index contributed by atoms with van der Waals surface area (Å²) in [5, 5.41) is 9.84. The molecular formula is C22H23N3O4. The average molecular weight is 393 g/mol. The van der Waals surface area contributed by atoms with E-state index in [2.05, 4.69) is 21.8 Å². The molecule has 1 N–H and O–H groups in total. The molecule has 7 heteroatoms. The molecule has 0 spiro atoms. The second-order valence-electron chi connectivity index (χ2n) is 6.77. The number of pyridine rings is 2. The molecule has 0 radical (unpaired) electrons. The van der Waals surface area contributed by atoms with Crippen molar-refractivity contribution in [3.63, 3.8) is 0 Å². The Bertz CT molecular complexity index is 1070. The van der Waals surface area contributed by atoms with Crippen LogP contribution in [0.15, 0.2) is 48.6 Å². The zero-order valence-electron chi connectivity index (χ0n) is 16.6. The number of aliphatic hydroxyl groups excluding tert-OH is 1. The summed E-state index contributed by atoms with van der Waals surface area (Å²) >= 11 is 0. The lowest BCUT2D eigenvalue weighted by molar-refractivity contribution is 0.196. The molecular weight excluding hydrogens is 370 g/mol. The number of hydrogen-bond acceptors (Lipinski definition) is 7. The normalized spacial score (nSPS) is 15.7. The molecule has 4 rings (SSSR count). The number of nitrogens with zero attached hydrogens (tertiary/aromatic N) is 3. The van der Waals surface area contributed by atoms with Crippen LogP contribution in [0.5, 0.6) is 17.2 Å². The van der Waals surface area contributed by atoms with Gasteiger partial charge in [0.25, 0.3) is 0 Å². The van der Waals surface area contributed by atoms with Crippen molar-refractivity contribution >= 4 is 22.7 Å². The van der Waals surface area contributed by atoms with Crippen LogP contribution >= 0.6 is 0 Å². The summed E-state index contributed by atoms with van der Waals surface area (Å²) in [4.78, 5) is 10.8. The maximum absolute atomic E-state index is 9.03. The zero-order chi connectivity index (χ0) is 20.4. The van der Waals surface area contributed by atoms with Crippen molar-refractivity contribution in [1.29, 1.82) is 0 Å². The van der Waals surface area contributed by atoms with Crippen LogP contribution in [0.2, 0.25) is 0 Å². The van der Waals surface area contributed by atoms with Crippen LogP contribution in [0, 0.1) is 0 Å². The number of fused-ring (bicyclic) bond motifs is 2. The third kappa shape index (κ3) is 3.56. The van der Waals surface area contributed by atoms with Gasteiger partial charge in [-0.2, -0.15) is 0 Å². The van der Waals surface area contributed by atoms with E-state index in [-0.39, 0.29) is 19.3 Å². The fourth-order valence-corrected chi connectivity index (χ4v) is 3.39. The van der Waals surface area contributed by atoms with E-state index in [9.17, 15) is 0 Å². The van der Waals surface area contributed by atoms with E-state index < -0.39 is 0 Å². The summed E-state index contributed by atoms with van der Waals surface area (Å²) in [5.74, 6) is 2.59. The first-order valence-corrected chi connectivity index (χ1v) is 9.39. The van der Waals surface area contributed by atoms with Gasteiger partial charge in [-0.15, -0.1) is 0 Å². The number of aliphatic hydroxyl groups is 1. The number of rotatable bonds is 6. The molecule has 0 fully saturated rings. The summed E-state index contributed by atoms with van der Waals surface area (Å²) in [6, 6.07) is 7.53. The van der Waals surface area contributed by atoms with Crippen molar-refractivity contribution in [2.24, 2.45) is 0 Å². The standard InChI is InChI=1S/C22H23N3O4/c1-14-20(10-15-13-23-6-4-18(15)25(14)2)29-19-5-7-24-17-12-22(28-9-8-26)21(27-3)11-16(17)19/h4-7,10-14,26H,8-9H2,1-3H3. The van der Waals surface area contributed by atoms with Gasteiger partial charge in [0.1, 0.15) is 18.1 Å². The van der Waals surface area contributed by atoms with Gasteiger partial charge >= 0.3 is 0 Å². The molecule has 1 atom stereocenters. The highest BCUT2D eigenvalue weighted by Gasteiger charge is 2.24. The quantitative estimate of drug-likeness (QED) is 0.689. The van der Waals surface area contributed by atoms with Gasteiger partial charge in [-0.05, 0) is 31.2 Å². The Morgan fingerprint density at radius 2 is 2.00 bits per heavy atom. The highest BCUT2D eigenvalue weighted by atomic mass is 16.5. The number of ether oxygens (including phenoxy) is 3. The molecule has 1 aliphatic heterocycles. The second kappa shape index (κ2) is 7.97. The van der Waals surface area contributed by atoms with E-state index in [0.717, 1.165) is 27.9 Å². The Kier molecular flexibility index (Phi) is 5.22. The van der Waals surface area contributed by atoms with Crippen molar-refractivity contribution in [3.05, 3.63) is 54.2 Å². The zero-order valence-corrected chi connectivity index (χ0v) is 16.6. The molecule has 150 valence electrons. The molecule has 0 saturated heterocycles. The Balaban J connectivity index is 1.74. The van der Waals surface area contributed by atoms with Crippen LogP contribution in [0.3, 0.4) is 0 Å². The lowest BCUT2D eigenvalue weighted by Crippen LogP contribution is -2.35. The molecule has 1 unspecified atom stereocenters. The highest BCUT2D eigenvalue weighted by molar-refractivity contribution is 5.88. The molecule has 1 aromatic carbocycles. The SMILES string of the molecule is COc1cc2c(OC3=Cc4cnccc4N(C)C3C)ccnc2cc1OCCO. The smallest absolute Gasteiger partial charge is 0.163 e. The molecule has 0 saturated carbocycles. The highest BCUT2D eigenvalue weighted by Crippen LogP contribution is 2.38. The van der Waals surface area contributed by atoms with Crippen LogP contribution in [0.1, 0.15) is 12.5 Å². The van der Waals surface area contributed by atoms with Gasteiger partial charge in [0, 0.05) is 48.3 Å². The first-order chi connectivity index (χ1) is 14.1. The Hall–Kier alpha value is -3.32. The van der Waals surface area contributed by atoms with Gasteiger partial charge in [-0.3, -0.25) is 9.97 Å². The average Bonchev–Trinajstić information content (AvgIpc) is 2.75. The molecule has 0 bridgehead atoms. The lowest BCUT2D eigenvalue weighted by Gasteiger charge is -2.33. The molecule has 0 amide bonds. The van der Waals surface area contributed by atoms with Crippen molar-refractivity contribution in [3.8, 4) is 17.2 Å². The van der Waals surface area contributed by atoms with Gasteiger partial charge in [0.15, 0.2) is 11.5 Å². The number of likely N-dealkylation sites (N-methyl/N-ethyl adjacent to an activating group) is 1. The summed E-state index contributed by atoms with van der Waals surface area (Å²) in [6.07, 6.45) is 7.35. The van der Waals surface area contributed by atoms with E-state index in [1.165, 1.54) is 0 Å². The minimum absolute atomic E-state index is 0.0576. The van der Waals surface area contributed by atoms with Gasteiger partial charge in [0.05, 0.1) is 25.3 Å². The first-order valence-electron chi connectivity index (χ1n) is 9.39. The van der Waals surface area contributed by atoms with E-state index in [1.807, 2.05) is 37.5 Å². The number of aromatic nitrogens is 2. The minimum atomic E-state index is -0.0757. The predicted octanol–water partition coefficient (Wildman–Crippen LogP) is 3.27. The molecule has 29 heavy (non-hydrogen) atoms. The van der Waals surface area contributed by atoms with Crippen LogP contribution in [0.25, 0.3) is 17.0 Å². The van der Waals surface area contributed by atoms with Crippen molar-refractivity contribution < 1.29 is 19.3 Å². The van der Waals surface area contributed by atoms with E-state index in [1.54, 1.807) is 25.6 Å². The van der Waals surface area contributed by atoms with E-state index in [4.69, 9.17) is 19.3 Å². The minimum Gasteiger partial charge on any atom is -0.493 e. The molecule has 0 aliphatic carbocycles. The number of benzene rings is 1. The fourth-order valence-electron chi connectivity index (χ4n) is 3.39. The molecule has 3 heterocycles. The summed E-state index contributed by atoms with van der Waals surface area (Å²) in [5.41, 5.74) is 2.85. The van der Waals surface area contributed by atoms with Gasteiger partial charge in [-0.1, -0.05) is 0 Å². The number of methoxy groups -OCH3 is 1. The summed E-state index contributed by atoms with van der Waals surface area (Å²) < 4.78 is 17.4.